The SMILES string of the molecule is CC1(C)C(N)C1c1cc(O)ccc1O. The first-order valence-electron chi connectivity index (χ1n) is 4.72. The van der Waals surface area contributed by atoms with Crippen LogP contribution >= 0.6 is 0 Å². The Hall–Kier alpha value is -1.22. The molecule has 0 bridgehead atoms. The second kappa shape index (κ2) is 2.64. The van der Waals surface area contributed by atoms with Crippen molar-refractivity contribution < 1.29 is 10.2 Å². The van der Waals surface area contributed by atoms with E-state index in [1.165, 1.54) is 12.1 Å². The van der Waals surface area contributed by atoms with Crippen molar-refractivity contribution in [2.45, 2.75) is 25.8 Å². The quantitative estimate of drug-likeness (QED) is 0.593. The van der Waals surface area contributed by atoms with Crippen LogP contribution in [0.1, 0.15) is 25.3 Å². The van der Waals surface area contributed by atoms with Gasteiger partial charge in [-0.3, -0.25) is 0 Å². The predicted octanol–water partition coefficient (Wildman–Crippen LogP) is 1.55. The number of hydrogen-bond acceptors (Lipinski definition) is 3. The average Bonchev–Trinajstić information content (AvgIpc) is 2.58. The Bertz CT molecular complexity index is 374. The van der Waals surface area contributed by atoms with Gasteiger partial charge in [-0.15, -0.1) is 0 Å². The molecular weight excluding hydrogens is 178 g/mol. The number of nitrogens with two attached hydrogens (primary N) is 1. The summed E-state index contributed by atoms with van der Waals surface area (Å²) in [6, 6.07) is 4.63. The number of hydrogen-bond donors (Lipinski definition) is 3. The molecule has 14 heavy (non-hydrogen) atoms. The summed E-state index contributed by atoms with van der Waals surface area (Å²) in [6.45, 7) is 4.12. The van der Waals surface area contributed by atoms with Crippen LogP contribution in [-0.4, -0.2) is 16.3 Å². The van der Waals surface area contributed by atoms with E-state index in [-0.39, 0.29) is 28.9 Å². The fraction of sp³-hybridized carbons (Fsp3) is 0.455. The third kappa shape index (κ3) is 1.16. The van der Waals surface area contributed by atoms with E-state index in [1.54, 1.807) is 6.07 Å². The summed E-state index contributed by atoms with van der Waals surface area (Å²) in [5, 5.41) is 18.9. The highest BCUT2D eigenvalue weighted by Crippen LogP contribution is 2.59. The first kappa shape index (κ1) is 9.34. The lowest BCUT2D eigenvalue weighted by atomic mass is 10.0. The van der Waals surface area contributed by atoms with Gasteiger partial charge in [0.05, 0.1) is 0 Å². The molecule has 1 aliphatic rings. The fourth-order valence-corrected chi connectivity index (χ4v) is 2.06. The van der Waals surface area contributed by atoms with E-state index in [0.717, 1.165) is 5.56 Å². The molecule has 0 saturated heterocycles. The molecule has 0 radical (unpaired) electrons. The third-order valence-electron chi connectivity index (χ3n) is 3.26. The zero-order valence-corrected chi connectivity index (χ0v) is 8.36. The van der Waals surface area contributed by atoms with Crippen LogP contribution in [0.15, 0.2) is 18.2 Å². The topological polar surface area (TPSA) is 66.5 Å². The highest BCUT2D eigenvalue weighted by molar-refractivity contribution is 5.46. The van der Waals surface area contributed by atoms with Crippen molar-refractivity contribution >= 4 is 0 Å². The number of rotatable bonds is 1. The molecular formula is C11H15NO2. The molecule has 0 spiro atoms. The summed E-state index contributed by atoms with van der Waals surface area (Å²) in [6.07, 6.45) is 0. The lowest BCUT2D eigenvalue weighted by molar-refractivity contribution is 0.451. The van der Waals surface area contributed by atoms with E-state index >= 15 is 0 Å². The van der Waals surface area contributed by atoms with Crippen molar-refractivity contribution in [2.24, 2.45) is 11.1 Å². The molecule has 1 aromatic rings. The Morgan fingerprint density at radius 2 is 1.86 bits per heavy atom. The molecule has 1 aliphatic carbocycles. The van der Waals surface area contributed by atoms with E-state index < -0.39 is 0 Å². The molecule has 0 aromatic heterocycles. The third-order valence-corrected chi connectivity index (χ3v) is 3.26. The summed E-state index contributed by atoms with van der Waals surface area (Å²) in [5.74, 6) is 0.538. The summed E-state index contributed by atoms with van der Waals surface area (Å²) >= 11 is 0. The van der Waals surface area contributed by atoms with Crippen molar-refractivity contribution in [2.75, 3.05) is 0 Å². The minimum Gasteiger partial charge on any atom is -0.508 e. The maximum atomic E-state index is 9.63. The zero-order valence-electron chi connectivity index (χ0n) is 8.36. The molecule has 3 heteroatoms. The zero-order chi connectivity index (χ0) is 10.5. The molecule has 4 N–H and O–H groups in total. The van der Waals surface area contributed by atoms with Crippen LogP contribution in [0, 0.1) is 5.41 Å². The van der Waals surface area contributed by atoms with Crippen LogP contribution in [0.4, 0.5) is 0 Å². The van der Waals surface area contributed by atoms with E-state index in [2.05, 4.69) is 13.8 Å². The molecule has 1 saturated carbocycles. The maximum absolute atomic E-state index is 9.63. The molecule has 2 atom stereocenters. The van der Waals surface area contributed by atoms with E-state index in [0.29, 0.717) is 0 Å². The summed E-state index contributed by atoms with van der Waals surface area (Å²) in [4.78, 5) is 0. The van der Waals surface area contributed by atoms with Crippen molar-refractivity contribution in [3.63, 3.8) is 0 Å². The van der Waals surface area contributed by atoms with Crippen molar-refractivity contribution in [3.8, 4) is 11.5 Å². The van der Waals surface area contributed by atoms with Gasteiger partial charge >= 0.3 is 0 Å². The standard InChI is InChI=1S/C11H15NO2/c1-11(2)9(10(11)12)7-5-6(13)3-4-8(7)14/h3-5,9-10,13-14H,12H2,1-2H3. The molecule has 1 fully saturated rings. The van der Waals surface area contributed by atoms with Gasteiger partial charge in [-0.05, 0) is 23.6 Å². The van der Waals surface area contributed by atoms with Crippen LogP contribution in [0.3, 0.4) is 0 Å². The highest BCUT2D eigenvalue weighted by atomic mass is 16.3. The average molecular weight is 193 g/mol. The fourth-order valence-electron chi connectivity index (χ4n) is 2.06. The monoisotopic (exact) mass is 193 g/mol. The highest BCUT2D eigenvalue weighted by Gasteiger charge is 2.57. The molecule has 2 rings (SSSR count). The molecule has 0 amide bonds. The molecule has 3 nitrogen and oxygen atoms in total. The van der Waals surface area contributed by atoms with Crippen LogP contribution in [-0.2, 0) is 0 Å². The van der Waals surface area contributed by atoms with Gasteiger partial charge in [0.1, 0.15) is 11.5 Å². The van der Waals surface area contributed by atoms with Crippen LogP contribution < -0.4 is 5.73 Å². The van der Waals surface area contributed by atoms with E-state index in [1.807, 2.05) is 0 Å². The first-order valence-corrected chi connectivity index (χ1v) is 4.72. The molecule has 0 heterocycles. The van der Waals surface area contributed by atoms with Gasteiger partial charge in [0.15, 0.2) is 0 Å². The van der Waals surface area contributed by atoms with Crippen molar-refractivity contribution in [1.29, 1.82) is 0 Å². The number of aromatic hydroxyl groups is 2. The Morgan fingerprint density at radius 1 is 1.29 bits per heavy atom. The van der Waals surface area contributed by atoms with Gasteiger partial charge in [0.2, 0.25) is 0 Å². The normalized spacial score (nSPS) is 28.8. The van der Waals surface area contributed by atoms with Gasteiger partial charge in [-0.25, -0.2) is 0 Å². The van der Waals surface area contributed by atoms with E-state index in [9.17, 15) is 10.2 Å². The second-order valence-electron chi connectivity index (χ2n) is 4.57. The van der Waals surface area contributed by atoms with Gasteiger partial charge in [0, 0.05) is 17.5 Å². The van der Waals surface area contributed by atoms with Crippen molar-refractivity contribution in [3.05, 3.63) is 23.8 Å². The molecule has 0 aliphatic heterocycles. The Labute approximate surface area is 83.2 Å². The van der Waals surface area contributed by atoms with Crippen molar-refractivity contribution in [1.82, 2.24) is 0 Å². The largest absolute Gasteiger partial charge is 0.508 e. The van der Waals surface area contributed by atoms with Crippen LogP contribution in [0.5, 0.6) is 11.5 Å². The lowest BCUT2D eigenvalue weighted by Crippen LogP contribution is -2.06. The number of benzene rings is 1. The molecule has 76 valence electrons. The summed E-state index contributed by atoms with van der Waals surface area (Å²) in [5.41, 5.74) is 6.67. The lowest BCUT2D eigenvalue weighted by Gasteiger charge is -2.05. The smallest absolute Gasteiger partial charge is 0.119 e. The van der Waals surface area contributed by atoms with Crippen LogP contribution in [0.2, 0.25) is 0 Å². The first-order chi connectivity index (χ1) is 6.44. The maximum Gasteiger partial charge on any atom is 0.119 e. The summed E-state index contributed by atoms with van der Waals surface area (Å²) < 4.78 is 0. The minimum absolute atomic E-state index is 0.0191. The molecule has 2 unspecified atom stereocenters. The number of phenols is 2. The second-order valence-corrected chi connectivity index (χ2v) is 4.57. The predicted molar refractivity (Wildman–Crippen MR) is 54.3 cm³/mol. The van der Waals surface area contributed by atoms with Gasteiger partial charge in [-0.1, -0.05) is 13.8 Å². The molecule has 1 aromatic carbocycles. The Kier molecular flexibility index (Phi) is 1.76. The van der Waals surface area contributed by atoms with Gasteiger partial charge in [-0.2, -0.15) is 0 Å². The summed E-state index contributed by atoms with van der Waals surface area (Å²) in [7, 11) is 0. The number of phenolic OH excluding ortho intramolecular Hbond substituents is 2. The van der Waals surface area contributed by atoms with Crippen LogP contribution in [0.25, 0.3) is 0 Å². The van der Waals surface area contributed by atoms with Gasteiger partial charge < -0.3 is 15.9 Å². The Balaban J connectivity index is 2.39. The Morgan fingerprint density at radius 3 is 2.36 bits per heavy atom. The minimum atomic E-state index is 0.0191. The van der Waals surface area contributed by atoms with Gasteiger partial charge in [0.25, 0.3) is 0 Å². The van der Waals surface area contributed by atoms with E-state index in [4.69, 9.17) is 5.73 Å².